The van der Waals surface area contributed by atoms with Gasteiger partial charge < -0.3 is 10.2 Å². The van der Waals surface area contributed by atoms with Gasteiger partial charge in [0.15, 0.2) is 5.58 Å². The van der Waals surface area contributed by atoms with E-state index < -0.39 is 0 Å². The average molecular weight is 259 g/mol. The van der Waals surface area contributed by atoms with E-state index in [1.54, 1.807) is 12.1 Å². The van der Waals surface area contributed by atoms with Gasteiger partial charge in [-0.2, -0.15) is 0 Å². The number of rotatable bonds is 1. The fourth-order valence-corrected chi connectivity index (χ4v) is 2.15. The third-order valence-corrected chi connectivity index (χ3v) is 3.10. The van der Waals surface area contributed by atoms with E-state index in [9.17, 15) is 0 Å². The van der Waals surface area contributed by atoms with Crippen molar-refractivity contribution >= 4 is 28.4 Å². The normalized spacial score (nSPS) is 11.0. The first-order chi connectivity index (χ1) is 8.65. The van der Waals surface area contributed by atoms with Gasteiger partial charge in [0.1, 0.15) is 5.52 Å². The maximum Gasteiger partial charge on any atom is 0.229 e. The first-order valence-corrected chi connectivity index (χ1v) is 5.94. The second kappa shape index (κ2) is 4.03. The topological polar surface area (TPSA) is 52.0 Å². The van der Waals surface area contributed by atoms with Gasteiger partial charge in [-0.05, 0) is 30.7 Å². The van der Waals surface area contributed by atoms with Crippen molar-refractivity contribution < 1.29 is 4.42 Å². The Bertz CT molecular complexity index is 713. The molecule has 1 aromatic heterocycles. The van der Waals surface area contributed by atoms with E-state index in [4.69, 9.17) is 21.8 Å². The van der Waals surface area contributed by atoms with Crippen LogP contribution in [0.4, 0.5) is 5.69 Å². The molecule has 0 saturated carbocycles. The highest BCUT2D eigenvalue weighted by Crippen LogP contribution is 2.31. The second-order valence-corrected chi connectivity index (χ2v) is 4.61. The van der Waals surface area contributed by atoms with Crippen molar-refractivity contribution in [1.29, 1.82) is 0 Å². The highest BCUT2D eigenvalue weighted by Gasteiger charge is 2.13. The van der Waals surface area contributed by atoms with Crippen molar-refractivity contribution in [3.05, 3.63) is 47.0 Å². The number of nitrogen functional groups attached to an aromatic ring is 1. The molecule has 90 valence electrons. The fraction of sp³-hybridized carbons (Fsp3) is 0.0714. The Morgan fingerprint density at radius 1 is 1.22 bits per heavy atom. The van der Waals surface area contributed by atoms with Gasteiger partial charge in [0, 0.05) is 16.8 Å². The number of aromatic nitrogens is 1. The molecule has 0 bridgehead atoms. The number of aryl methyl sites for hydroxylation is 1. The van der Waals surface area contributed by atoms with Crippen LogP contribution in [0.5, 0.6) is 0 Å². The zero-order valence-corrected chi connectivity index (χ0v) is 10.5. The van der Waals surface area contributed by atoms with E-state index in [-0.39, 0.29) is 0 Å². The van der Waals surface area contributed by atoms with Crippen LogP contribution in [-0.2, 0) is 0 Å². The predicted molar refractivity (Wildman–Crippen MR) is 73.6 cm³/mol. The highest BCUT2D eigenvalue weighted by atomic mass is 35.5. The molecule has 0 radical (unpaired) electrons. The van der Waals surface area contributed by atoms with E-state index in [1.807, 2.05) is 31.2 Å². The maximum atomic E-state index is 5.98. The summed E-state index contributed by atoms with van der Waals surface area (Å²) >= 11 is 5.92. The molecule has 3 rings (SSSR count). The summed E-state index contributed by atoms with van der Waals surface area (Å²) in [7, 11) is 0. The van der Waals surface area contributed by atoms with E-state index in [1.165, 1.54) is 0 Å². The van der Waals surface area contributed by atoms with Gasteiger partial charge in [-0.3, -0.25) is 0 Å². The minimum Gasteiger partial charge on any atom is -0.436 e. The summed E-state index contributed by atoms with van der Waals surface area (Å²) in [6.07, 6.45) is 0. The molecular weight excluding hydrogens is 248 g/mol. The van der Waals surface area contributed by atoms with Crippen molar-refractivity contribution in [1.82, 2.24) is 4.98 Å². The Morgan fingerprint density at radius 2 is 2.06 bits per heavy atom. The van der Waals surface area contributed by atoms with Crippen LogP contribution >= 0.6 is 11.6 Å². The van der Waals surface area contributed by atoms with Crippen molar-refractivity contribution in [3.63, 3.8) is 0 Å². The lowest BCUT2D eigenvalue weighted by atomic mass is 10.1. The SMILES string of the molecule is Cc1cccc(N)c1-c1nc2ccc(Cl)cc2o1. The molecule has 0 aliphatic heterocycles. The van der Waals surface area contributed by atoms with Crippen molar-refractivity contribution in [3.8, 4) is 11.5 Å². The molecule has 0 fully saturated rings. The van der Waals surface area contributed by atoms with Crippen LogP contribution in [0.3, 0.4) is 0 Å². The number of nitrogens with zero attached hydrogens (tertiary/aromatic N) is 1. The van der Waals surface area contributed by atoms with E-state index in [0.29, 0.717) is 22.2 Å². The third-order valence-electron chi connectivity index (χ3n) is 2.87. The highest BCUT2D eigenvalue weighted by molar-refractivity contribution is 6.31. The Kier molecular flexibility index (Phi) is 2.49. The predicted octanol–water partition coefficient (Wildman–Crippen LogP) is 4.04. The second-order valence-electron chi connectivity index (χ2n) is 4.17. The summed E-state index contributed by atoms with van der Waals surface area (Å²) in [6.45, 7) is 1.98. The van der Waals surface area contributed by atoms with Crippen LogP contribution in [0.15, 0.2) is 40.8 Å². The molecule has 0 saturated heterocycles. The molecule has 0 atom stereocenters. The summed E-state index contributed by atoms with van der Waals surface area (Å²) < 4.78 is 5.72. The minimum absolute atomic E-state index is 0.530. The van der Waals surface area contributed by atoms with Crippen LogP contribution in [0.25, 0.3) is 22.6 Å². The maximum absolute atomic E-state index is 5.98. The van der Waals surface area contributed by atoms with Gasteiger partial charge in [0.2, 0.25) is 5.89 Å². The van der Waals surface area contributed by atoms with Crippen LogP contribution < -0.4 is 5.73 Å². The van der Waals surface area contributed by atoms with Gasteiger partial charge in [-0.25, -0.2) is 4.98 Å². The molecule has 3 aromatic rings. The average Bonchev–Trinajstić information content (AvgIpc) is 2.71. The van der Waals surface area contributed by atoms with Gasteiger partial charge >= 0.3 is 0 Å². The third kappa shape index (κ3) is 1.73. The standard InChI is InChI=1S/C14H11ClN2O/c1-8-3-2-4-10(16)13(8)14-17-11-6-5-9(15)7-12(11)18-14/h2-7H,16H2,1H3. The number of oxazole rings is 1. The van der Waals surface area contributed by atoms with E-state index >= 15 is 0 Å². The zero-order chi connectivity index (χ0) is 12.7. The first-order valence-electron chi connectivity index (χ1n) is 5.57. The summed E-state index contributed by atoms with van der Waals surface area (Å²) in [5.74, 6) is 0.530. The lowest BCUT2D eigenvalue weighted by Crippen LogP contribution is -1.92. The summed E-state index contributed by atoms with van der Waals surface area (Å²) in [6, 6.07) is 11.1. The monoisotopic (exact) mass is 258 g/mol. The lowest BCUT2D eigenvalue weighted by Gasteiger charge is -2.04. The van der Waals surface area contributed by atoms with Crippen LogP contribution in [0.1, 0.15) is 5.56 Å². The van der Waals surface area contributed by atoms with Gasteiger partial charge in [-0.15, -0.1) is 0 Å². The number of benzene rings is 2. The number of hydrogen-bond acceptors (Lipinski definition) is 3. The van der Waals surface area contributed by atoms with Gasteiger partial charge in [0.25, 0.3) is 0 Å². The number of hydrogen-bond donors (Lipinski definition) is 1. The largest absolute Gasteiger partial charge is 0.436 e. The zero-order valence-electron chi connectivity index (χ0n) is 9.77. The summed E-state index contributed by atoms with van der Waals surface area (Å²) in [4.78, 5) is 4.44. The smallest absolute Gasteiger partial charge is 0.229 e. The summed E-state index contributed by atoms with van der Waals surface area (Å²) in [5, 5.41) is 0.628. The summed E-state index contributed by atoms with van der Waals surface area (Å²) in [5.41, 5.74) is 9.95. The van der Waals surface area contributed by atoms with Crippen molar-refractivity contribution in [2.24, 2.45) is 0 Å². The van der Waals surface area contributed by atoms with Crippen molar-refractivity contribution in [2.45, 2.75) is 6.92 Å². The van der Waals surface area contributed by atoms with Crippen LogP contribution in [0, 0.1) is 6.92 Å². The minimum atomic E-state index is 0.530. The number of nitrogens with two attached hydrogens (primary N) is 1. The van der Waals surface area contributed by atoms with Gasteiger partial charge in [0.05, 0.1) is 5.56 Å². The lowest BCUT2D eigenvalue weighted by molar-refractivity contribution is 0.619. The molecule has 0 amide bonds. The number of halogens is 1. The molecule has 0 spiro atoms. The number of fused-ring (bicyclic) bond motifs is 1. The van der Waals surface area contributed by atoms with E-state index in [2.05, 4.69) is 4.98 Å². The van der Waals surface area contributed by atoms with Crippen LogP contribution in [0.2, 0.25) is 5.02 Å². The molecule has 4 heteroatoms. The van der Waals surface area contributed by atoms with Crippen LogP contribution in [-0.4, -0.2) is 4.98 Å². The van der Waals surface area contributed by atoms with Crippen molar-refractivity contribution in [2.75, 3.05) is 5.73 Å². The van der Waals surface area contributed by atoms with Gasteiger partial charge in [-0.1, -0.05) is 23.7 Å². The molecule has 0 aliphatic carbocycles. The number of anilines is 1. The molecule has 1 heterocycles. The first kappa shape index (κ1) is 11.1. The van der Waals surface area contributed by atoms with E-state index in [0.717, 1.165) is 16.6 Å². The molecular formula is C14H11ClN2O. The molecule has 2 aromatic carbocycles. The molecule has 3 nitrogen and oxygen atoms in total. The Labute approximate surface area is 109 Å². The molecule has 18 heavy (non-hydrogen) atoms. The molecule has 0 aliphatic rings. The quantitative estimate of drug-likeness (QED) is 0.670. The Balaban J connectivity index is 2.26. The fourth-order valence-electron chi connectivity index (χ4n) is 1.99. The molecule has 0 unspecified atom stereocenters. The Hall–Kier alpha value is -2.00. The molecule has 2 N–H and O–H groups in total. The Morgan fingerprint density at radius 3 is 2.83 bits per heavy atom.